The lowest BCUT2D eigenvalue weighted by atomic mass is 10.1. The minimum absolute atomic E-state index is 0.148. The van der Waals surface area contributed by atoms with Gasteiger partial charge in [0.15, 0.2) is 8.32 Å². The van der Waals surface area contributed by atoms with Crippen molar-refractivity contribution in [2.24, 2.45) is 0 Å². The zero-order chi connectivity index (χ0) is 18.2. The smallest absolute Gasteiger partial charge is 0.192 e. The molecular weight excluding hydrogens is 359 g/mol. The van der Waals surface area contributed by atoms with E-state index in [-0.39, 0.29) is 6.10 Å². The van der Waals surface area contributed by atoms with E-state index in [0.717, 1.165) is 30.2 Å². The maximum absolute atomic E-state index is 6.70. The largest absolute Gasteiger partial charge is 0.409 e. The lowest BCUT2D eigenvalue weighted by Gasteiger charge is -2.34. The van der Waals surface area contributed by atoms with Gasteiger partial charge in [-0.1, -0.05) is 55.6 Å². The molecule has 0 aliphatic rings. The summed E-state index contributed by atoms with van der Waals surface area (Å²) in [6, 6.07) is 3.26. The quantitative estimate of drug-likeness (QED) is 0.302. The average Bonchev–Trinajstić information content (AvgIpc) is 2.55. The summed E-state index contributed by atoms with van der Waals surface area (Å²) in [6.07, 6.45) is 5.30. The highest BCUT2D eigenvalue weighted by Gasteiger charge is 2.33. The highest BCUT2D eigenvalue weighted by molar-refractivity contribution is 6.73. The van der Waals surface area contributed by atoms with Crippen molar-refractivity contribution in [1.29, 1.82) is 0 Å². The van der Waals surface area contributed by atoms with Gasteiger partial charge < -0.3 is 9.74 Å². The summed E-state index contributed by atoms with van der Waals surface area (Å²) in [5.74, 6) is 0. The van der Waals surface area contributed by atoms with Crippen molar-refractivity contribution in [2.75, 3.05) is 13.1 Å². The molecule has 0 radical (unpaired) electrons. The fraction of sp³-hybridized carbons (Fsp3) is 0.611. The van der Waals surface area contributed by atoms with Gasteiger partial charge in [0.05, 0.1) is 16.1 Å². The summed E-state index contributed by atoms with van der Waals surface area (Å²) in [4.78, 5) is 4.07. The van der Waals surface area contributed by atoms with Crippen LogP contribution in [-0.4, -0.2) is 26.4 Å². The highest BCUT2D eigenvalue weighted by atomic mass is 35.5. The van der Waals surface area contributed by atoms with Crippen molar-refractivity contribution >= 4 is 31.5 Å². The number of nitrogens with one attached hydrogen (secondary N) is 1. The molecule has 0 aliphatic heterocycles. The van der Waals surface area contributed by atoms with E-state index in [2.05, 4.69) is 51.0 Å². The van der Waals surface area contributed by atoms with Gasteiger partial charge in [-0.3, -0.25) is 4.98 Å². The minimum atomic E-state index is -1.78. The second kappa shape index (κ2) is 10.6. The van der Waals surface area contributed by atoms with E-state index < -0.39 is 8.32 Å². The molecule has 0 saturated carbocycles. The van der Waals surface area contributed by atoms with E-state index in [0.29, 0.717) is 16.6 Å². The molecule has 1 aromatic heterocycles. The molecule has 1 rings (SSSR count). The van der Waals surface area contributed by atoms with Crippen molar-refractivity contribution < 1.29 is 4.43 Å². The number of allylic oxidation sites excluding steroid dienone is 1. The summed E-state index contributed by atoms with van der Waals surface area (Å²) in [5.41, 5.74) is 2.14. The molecule has 6 heteroatoms. The molecule has 0 fully saturated rings. The normalized spacial score (nSPS) is 13.0. The van der Waals surface area contributed by atoms with E-state index in [4.69, 9.17) is 27.6 Å². The Kier molecular flexibility index (Phi) is 9.53. The van der Waals surface area contributed by atoms with Crippen LogP contribution in [0.2, 0.25) is 28.2 Å². The second-order valence-corrected chi connectivity index (χ2v) is 11.8. The third-order valence-corrected chi connectivity index (χ3v) is 9.77. The highest BCUT2D eigenvalue weighted by Crippen LogP contribution is 2.35. The first-order chi connectivity index (χ1) is 11.4. The predicted octanol–water partition coefficient (Wildman–Crippen LogP) is 6.01. The zero-order valence-electron chi connectivity index (χ0n) is 15.5. The van der Waals surface area contributed by atoms with Gasteiger partial charge >= 0.3 is 0 Å². The fourth-order valence-electron chi connectivity index (χ4n) is 2.72. The lowest BCUT2D eigenvalue weighted by molar-refractivity contribution is 0.188. The fourth-order valence-corrected chi connectivity index (χ4v) is 6.14. The molecule has 1 aromatic rings. The molecule has 1 heterocycles. The van der Waals surface area contributed by atoms with Crippen LogP contribution in [0.15, 0.2) is 24.0 Å². The van der Waals surface area contributed by atoms with Crippen LogP contribution in [-0.2, 0) is 4.43 Å². The molecular formula is C18H30Cl2N2OSi. The minimum Gasteiger partial charge on any atom is -0.409 e. The van der Waals surface area contributed by atoms with E-state index >= 15 is 0 Å². The van der Waals surface area contributed by atoms with Gasteiger partial charge in [-0.2, -0.15) is 0 Å². The van der Waals surface area contributed by atoms with Crippen LogP contribution in [0.4, 0.5) is 0 Å². The summed E-state index contributed by atoms with van der Waals surface area (Å²) >= 11 is 12.8. The maximum Gasteiger partial charge on any atom is 0.192 e. The van der Waals surface area contributed by atoms with Crippen LogP contribution < -0.4 is 5.32 Å². The Labute approximate surface area is 157 Å². The topological polar surface area (TPSA) is 34.1 Å². The van der Waals surface area contributed by atoms with E-state index in [9.17, 15) is 0 Å². The monoisotopic (exact) mass is 388 g/mol. The molecule has 0 saturated heterocycles. The van der Waals surface area contributed by atoms with Crippen molar-refractivity contribution in [3.63, 3.8) is 0 Å². The van der Waals surface area contributed by atoms with Crippen LogP contribution >= 0.6 is 23.2 Å². The summed E-state index contributed by atoms with van der Waals surface area (Å²) < 4.78 is 6.70. The first kappa shape index (κ1) is 21.6. The van der Waals surface area contributed by atoms with Crippen LogP contribution in [0.3, 0.4) is 0 Å². The molecule has 1 N–H and O–H groups in total. The summed E-state index contributed by atoms with van der Waals surface area (Å²) in [6.45, 7) is 12.3. The Morgan fingerprint density at radius 1 is 1.17 bits per heavy atom. The number of rotatable bonds is 10. The van der Waals surface area contributed by atoms with Crippen LogP contribution in [0, 0.1) is 0 Å². The molecule has 3 nitrogen and oxygen atoms in total. The van der Waals surface area contributed by atoms with Gasteiger partial charge in [-0.15, -0.1) is 0 Å². The van der Waals surface area contributed by atoms with Crippen LogP contribution in [0.1, 0.15) is 46.3 Å². The summed E-state index contributed by atoms with van der Waals surface area (Å²) in [5, 5.41) is 4.59. The number of halogens is 2. The number of aromatic nitrogens is 1. The molecule has 0 spiro atoms. The van der Waals surface area contributed by atoms with Crippen molar-refractivity contribution in [2.45, 2.75) is 58.9 Å². The second-order valence-electron chi connectivity index (χ2n) is 6.31. The predicted molar refractivity (Wildman–Crippen MR) is 108 cm³/mol. The van der Waals surface area contributed by atoms with Crippen LogP contribution in [0.5, 0.6) is 0 Å². The van der Waals surface area contributed by atoms with Gasteiger partial charge in [0.25, 0.3) is 0 Å². The Hall–Kier alpha value is -0.393. The van der Waals surface area contributed by atoms with Gasteiger partial charge in [0, 0.05) is 31.0 Å². The Balaban J connectivity index is 3.05. The van der Waals surface area contributed by atoms with Gasteiger partial charge in [-0.25, -0.2) is 0 Å². The SMILES string of the molecule is CC[Si](CC)(CC)OC(CNCC=C(C)C)c1c(Cl)cncc1Cl. The summed E-state index contributed by atoms with van der Waals surface area (Å²) in [7, 11) is -1.78. The molecule has 0 aliphatic carbocycles. The molecule has 1 atom stereocenters. The maximum atomic E-state index is 6.70. The van der Waals surface area contributed by atoms with Crippen molar-refractivity contribution in [1.82, 2.24) is 10.3 Å². The van der Waals surface area contributed by atoms with Gasteiger partial charge in [0.1, 0.15) is 0 Å². The Bertz CT molecular complexity index is 515. The molecule has 0 bridgehead atoms. The standard InChI is InChI=1S/C18H30Cl2N2OSi/c1-6-24(7-2,8-3)23-17(13-21-10-9-14(4)5)18-15(19)11-22-12-16(18)20/h9,11-12,17,21H,6-8,10,13H2,1-5H3. The average molecular weight is 389 g/mol. The van der Waals surface area contributed by atoms with Crippen molar-refractivity contribution in [3.05, 3.63) is 39.7 Å². The number of hydrogen-bond acceptors (Lipinski definition) is 3. The lowest BCUT2D eigenvalue weighted by Crippen LogP contribution is -2.40. The molecule has 136 valence electrons. The zero-order valence-corrected chi connectivity index (χ0v) is 18.0. The van der Waals surface area contributed by atoms with Crippen molar-refractivity contribution in [3.8, 4) is 0 Å². The first-order valence-electron chi connectivity index (χ1n) is 8.69. The van der Waals surface area contributed by atoms with Crippen LogP contribution in [0.25, 0.3) is 0 Å². The number of hydrogen-bond donors (Lipinski definition) is 1. The van der Waals surface area contributed by atoms with E-state index in [1.54, 1.807) is 12.4 Å². The first-order valence-corrected chi connectivity index (χ1v) is 12.0. The molecule has 0 aromatic carbocycles. The van der Waals surface area contributed by atoms with E-state index in [1.807, 2.05) is 0 Å². The molecule has 1 unspecified atom stereocenters. The van der Waals surface area contributed by atoms with Gasteiger partial charge in [0.2, 0.25) is 0 Å². The number of pyridine rings is 1. The molecule has 24 heavy (non-hydrogen) atoms. The Morgan fingerprint density at radius 2 is 1.71 bits per heavy atom. The third kappa shape index (κ3) is 6.16. The number of nitrogens with zero attached hydrogens (tertiary/aromatic N) is 1. The molecule has 0 amide bonds. The Morgan fingerprint density at radius 3 is 2.17 bits per heavy atom. The van der Waals surface area contributed by atoms with E-state index in [1.165, 1.54) is 5.57 Å². The van der Waals surface area contributed by atoms with Gasteiger partial charge in [-0.05, 0) is 32.0 Å². The third-order valence-electron chi connectivity index (χ3n) is 4.52.